The van der Waals surface area contributed by atoms with Gasteiger partial charge in [0.15, 0.2) is 5.41 Å². The predicted octanol–water partition coefficient (Wildman–Crippen LogP) is 9.92. The largest absolute Gasteiger partial charge is 0.508 e. The Morgan fingerprint density at radius 1 is 0.846 bits per heavy atom. The first kappa shape index (κ1) is 41.8. The minimum Gasteiger partial charge on any atom is -0.508 e. The van der Waals surface area contributed by atoms with Crippen molar-refractivity contribution in [2.45, 2.75) is 139 Å². The summed E-state index contributed by atoms with van der Waals surface area (Å²) in [6.45, 7) is 6.45. The maximum absolute atomic E-state index is 14.1. The van der Waals surface area contributed by atoms with Gasteiger partial charge in [0, 0.05) is 6.42 Å². The van der Waals surface area contributed by atoms with Gasteiger partial charge in [-0.25, -0.2) is 0 Å². The molecule has 1 aromatic carbocycles. The number of unbranched alkanes of at least 4 members (excludes halogenated alkanes) is 6. The van der Waals surface area contributed by atoms with Crippen LogP contribution in [0.2, 0.25) is 0 Å². The van der Waals surface area contributed by atoms with Gasteiger partial charge in [-0.15, -0.1) is 0 Å². The van der Waals surface area contributed by atoms with Crippen LogP contribution < -0.4 is 0 Å². The second-order valence-electron chi connectivity index (χ2n) is 15.4. The van der Waals surface area contributed by atoms with Crippen LogP contribution in [0.15, 0.2) is 30.4 Å². The normalized spacial score (nSPS) is 26.8. The Labute approximate surface area is 296 Å². The van der Waals surface area contributed by atoms with Crippen molar-refractivity contribution in [3.8, 4) is 5.75 Å². The highest BCUT2D eigenvalue weighted by molar-refractivity contribution is 5.98. The lowest BCUT2D eigenvalue weighted by Gasteiger charge is -2.52. The number of carbonyl (C=O) groups is 2. The molecule has 0 bridgehead atoms. The van der Waals surface area contributed by atoms with Crippen LogP contribution in [0.25, 0.3) is 0 Å². The van der Waals surface area contributed by atoms with Crippen molar-refractivity contribution in [2.24, 2.45) is 28.6 Å². The fourth-order valence-electron chi connectivity index (χ4n) is 9.28. The molecule has 0 radical (unpaired) electrons. The van der Waals surface area contributed by atoms with Gasteiger partial charge >= 0.3 is 35.9 Å². The molecule has 0 spiro atoms. The molecule has 4 rings (SSSR count). The smallest absolute Gasteiger partial charge is 0.460 e. The van der Waals surface area contributed by atoms with Crippen LogP contribution in [-0.4, -0.2) is 62.4 Å². The molecule has 3 aliphatic carbocycles. The third-order valence-electron chi connectivity index (χ3n) is 12.5. The molecule has 1 aromatic rings. The van der Waals surface area contributed by atoms with Crippen LogP contribution >= 0.6 is 0 Å². The van der Waals surface area contributed by atoms with E-state index in [4.69, 9.17) is 0 Å². The van der Waals surface area contributed by atoms with Crippen molar-refractivity contribution in [3.63, 3.8) is 0 Å². The molecule has 15 heteroatoms. The summed E-state index contributed by atoms with van der Waals surface area (Å²) in [5.41, 5.74) is 0.0670. The van der Waals surface area contributed by atoms with Gasteiger partial charge in [0.1, 0.15) is 5.75 Å². The number of aliphatic hydroxyl groups excluding tert-OH is 1. The van der Waals surface area contributed by atoms with E-state index in [0.29, 0.717) is 37.0 Å². The number of aliphatic carboxylic acids is 2. The molecule has 2 saturated carbocycles. The minimum absolute atomic E-state index is 0.139. The van der Waals surface area contributed by atoms with Gasteiger partial charge in [0.2, 0.25) is 0 Å². The number of halogens is 9. The van der Waals surface area contributed by atoms with Crippen molar-refractivity contribution in [1.29, 1.82) is 0 Å². The second kappa shape index (κ2) is 15.0. The molecular weight excluding hydrogens is 711 g/mol. The lowest BCUT2D eigenvalue weighted by Crippen LogP contribution is -2.61. The number of phenols is 1. The summed E-state index contributed by atoms with van der Waals surface area (Å²) in [5.74, 6) is -23.1. The van der Waals surface area contributed by atoms with E-state index in [2.05, 4.69) is 13.5 Å². The molecule has 0 aliphatic heterocycles. The fourth-order valence-corrected chi connectivity index (χ4v) is 9.28. The van der Waals surface area contributed by atoms with Crippen LogP contribution in [-0.2, 0) is 16.0 Å². The standard InChI is InChI=1S/C37H47F9O6/c1-21-28(48)20-27-29-22(18-23-19-24(47)11-12-25(23)26(29)13-15-32(21,27)2)10-8-6-4-3-5-7-9-14-33(30(49)50,31(51)52)16-17-34(38,39)35(40,41)36(42,43)37(44,45)46/h11-12,19,22,26-29,47-48H,1,3-10,13-18,20H2,2H3,(H,49,50)(H,51,52)/t22-,26?,27?,28-,29?,32-/m1/s1. The maximum atomic E-state index is 14.1. The van der Waals surface area contributed by atoms with Gasteiger partial charge in [-0.05, 0) is 103 Å². The zero-order valence-electron chi connectivity index (χ0n) is 28.9. The van der Waals surface area contributed by atoms with E-state index < -0.39 is 66.7 Å². The van der Waals surface area contributed by atoms with E-state index in [-0.39, 0.29) is 29.9 Å². The van der Waals surface area contributed by atoms with Crippen LogP contribution in [0, 0.1) is 28.6 Å². The minimum atomic E-state index is -7.15. The fraction of sp³-hybridized carbons (Fsp3) is 0.730. The molecule has 52 heavy (non-hydrogen) atoms. The van der Waals surface area contributed by atoms with E-state index in [0.717, 1.165) is 56.1 Å². The molecule has 0 amide bonds. The highest BCUT2D eigenvalue weighted by Gasteiger charge is 2.81. The van der Waals surface area contributed by atoms with Crippen LogP contribution in [0.3, 0.4) is 0 Å². The summed E-state index contributed by atoms with van der Waals surface area (Å²) in [4.78, 5) is 23.7. The molecule has 3 aliphatic rings. The third kappa shape index (κ3) is 7.53. The number of fused-ring (bicyclic) bond motifs is 5. The first-order chi connectivity index (χ1) is 23.9. The van der Waals surface area contributed by atoms with E-state index >= 15 is 0 Å². The molecule has 3 unspecified atom stereocenters. The van der Waals surface area contributed by atoms with Crippen LogP contribution in [0.5, 0.6) is 5.75 Å². The topological polar surface area (TPSA) is 115 Å². The molecular formula is C37H47F9O6. The van der Waals surface area contributed by atoms with Crippen molar-refractivity contribution in [2.75, 3.05) is 0 Å². The first-order valence-corrected chi connectivity index (χ1v) is 17.8. The Bertz CT molecular complexity index is 1460. The Morgan fingerprint density at radius 3 is 2.00 bits per heavy atom. The van der Waals surface area contributed by atoms with Crippen molar-refractivity contribution >= 4 is 11.9 Å². The van der Waals surface area contributed by atoms with Crippen LogP contribution in [0.4, 0.5) is 39.5 Å². The van der Waals surface area contributed by atoms with Crippen molar-refractivity contribution in [1.82, 2.24) is 0 Å². The Morgan fingerprint density at radius 2 is 1.42 bits per heavy atom. The predicted molar refractivity (Wildman–Crippen MR) is 172 cm³/mol. The van der Waals surface area contributed by atoms with Gasteiger partial charge < -0.3 is 20.4 Å². The summed E-state index contributed by atoms with van der Waals surface area (Å²) < 4.78 is 120. The number of hydrogen-bond donors (Lipinski definition) is 4. The lowest BCUT2D eigenvalue weighted by molar-refractivity contribution is -0.397. The lowest BCUT2D eigenvalue weighted by atomic mass is 9.52. The molecule has 6 atom stereocenters. The van der Waals surface area contributed by atoms with Gasteiger partial charge in [0.25, 0.3) is 0 Å². The molecule has 0 saturated heterocycles. The first-order valence-electron chi connectivity index (χ1n) is 17.8. The number of hydrogen-bond acceptors (Lipinski definition) is 4. The zero-order valence-corrected chi connectivity index (χ0v) is 28.9. The number of aliphatic hydroxyl groups is 1. The summed E-state index contributed by atoms with van der Waals surface area (Å²) in [6, 6.07) is 5.58. The number of alkyl halides is 9. The van der Waals surface area contributed by atoms with Gasteiger partial charge in [-0.1, -0.05) is 64.5 Å². The van der Waals surface area contributed by atoms with E-state index in [1.54, 1.807) is 6.07 Å². The monoisotopic (exact) mass is 758 g/mol. The zero-order chi connectivity index (χ0) is 39.1. The van der Waals surface area contributed by atoms with Crippen LogP contribution in [0.1, 0.15) is 114 Å². The number of aromatic hydroxyl groups is 1. The molecule has 2 fully saturated rings. The molecule has 0 aromatic heterocycles. The highest BCUT2D eigenvalue weighted by atomic mass is 19.4. The Hall–Kier alpha value is -2.97. The summed E-state index contributed by atoms with van der Waals surface area (Å²) in [6.07, 6.45) is -4.69. The molecule has 294 valence electrons. The van der Waals surface area contributed by atoms with Crippen molar-refractivity contribution < 1.29 is 69.5 Å². The average Bonchev–Trinajstić information content (AvgIpc) is 3.27. The van der Waals surface area contributed by atoms with Gasteiger partial charge in [-0.3, -0.25) is 9.59 Å². The number of benzene rings is 1. The van der Waals surface area contributed by atoms with E-state index in [1.165, 1.54) is 5.56 Å². The average molecular weight is 759 g/mol. The van der Waals surface area contributed by atoms with Gasteiger partial charge in [-0.2, -0.15) is 39.5 Å². The maximum Gasteiger partial charge on any atom is 0.460 e. The molecule has 0 heterocycles. The quantitative estimate of drug-likeness (QED) is 0.0545. The number of phenolic OH excluding ortho intramolecular Hbond substituents is 1. The second-order valence-corrected chi connectivity index (χ2v) is 15.4. The number of carboxylic acid groups (broad SMARTS) is 2. The highest BCUT2D eigenvalue weighted by Crippen LogP contribution is 2.64. The Balaban J connectivity index is 1.28. The number of carboxylic acids is 2. The van der Waals surface area contributed by atoms with E-state index in [9.17, 15) is 69.5 Å². The molecule has 4 N–H and O–H groups in total. The Kier molecular flexibility index (Phi) is 12.1. The molecule has 6 nitrogen and oxygen atoms in total. The number of rotatable bonds is 17. The SMILES string of the molecule is C=C1[C@H](O)CC2C3C(CC[C@]12C)c1ccc(O)cc1C[C@H]3CCCCCCCCCC(CCC(F)(F)C(F)(F)C(F)(F)C(F)(F)F)(C(=O)O)C(=O)O. The van der Waals surface area contributed by atoms with E-state index in [1.807, 2.05) is 12.1 Å². The summed E-state index contributed by atoms with van der Waals surface area (Å²) >= 11 is 0. The third-order valence-corrected chi connectivity index (χ3v) is 12.5. The summed E-state index contributed by atoms with van der Waals surface area (Å²) in [7, 11) is 0. The summed E-state index contributed by atoms with van der Waals surface area (Å²) in [5, 5.41) is 40.1. The van der Waals surface area contributed by atoms with Gasteiger partial charge in [0.05, 0.1) is 6.10 Å². The van der Waals surface area contributed by atoms with Crippen molar-refractivity contribution in [3.05, 3.63) is 41.5 Å².